The molecule has 1 heterocycles. The maximum atomic E-state index is 11.3. The van der Waals surface area contributed by atoms with Gasteiger partial charge in [-0.3, -0.25) is 4.68 Å². The van der Waals surface area contributed by atoms with Gasteiger partial charge in [-0.15, -0.1) is 0 Å². The second kappa shape index (κ2) is 5.64. The Labute approximate surface area is 102 Å². The topological polar surface area (TPSA) is 72.2 Å². The molecule has 0 aliphatic carbocycles. The number of sulfone groups is 1. The highest BCUT2D eigenvalue weighted by Crippen LogP contribution is 2.13. The summed E-state index contributed by atoms with van der Waals surface area (Å²) in [6.45, 7) is 5.94. The lowest BCUT2D eigenvalue weighted by molar-refractivity contribution is 0.280. The van der Waals surface area contributed by atoms with Crippen LogP contribution in [-0.4, -0.2) is 34.8 Å². The molecule has 98 valence electrons. The molecule has 0 amide bonds. The smallest absolute Gasteiger partial charge is 0.150 e. The van der Waals surface area contributed by atoms with Gasteiger partial charge in [0.15, 0.2) is 0 Å². The van der Waals surface area contributed by atoms with E-state index in [4.69, 9.17) is 5.11 Å². The van der Waals surface area contributed by atoms with Gasteiger partial charge in [-0.1, -0.05) is 6.92 Å². The highest BCUT2D eigenvalue weighted by atomic mass is 32.2. The van der Waals surface area contributed by atoms with Gasteiger partial charge < -0.3 is 5.11 Å². The van der Waals surface area contributed by atoms with Crippen LogP contribution in [0.2, 0.25) is 0 Å². The minimum Gasteiger partial charge on any atom is -0.392 e. The van der Waals surface area contributed by atoms with E-state index in [2.05, 4.69) is 5.10 Å². The number of nitrogens with zero attached hydrogens (tertiary/aromatic N) is 2. The minimum atomic E-state index is -2.90. The van der Waals surface area contributed by atoms with Crippen molar-refractivity contribution < 1.29 is 13.5 Å². The van der Waals surface area contributed by atoms with E-state index in [1.54, 1.807) is 11.6 Å². The molecule has 0 saturated carbocycles. The van der Waals surface area contributed by atoms with E-state index in [1.807, 2.05) is 13.8 Å². The molecule has 6 heteroatoms. The van der Waals surface area contributed by atoms with Crippen molar-refractivity contribution in [3.63, 3.8) is 0 Å². The van der Waals surface area contributed by atoms with Crippen molar-refractivity contribution in [3.05, 3.63) is 17.0 Å². The summed E-state index contributed by atoms with van der Waals surface area (Å²) >= 11 is 0. The predicted molar refractivity (Wildman–Crippen MR) is 66.6 cm³/mol. The summed E-state index contributed by atoms with van der Waals surface area (Å²) in [5.41, 5.74) is 2.56. The Morgan fingerprint density at radius 2 is 2.00 bits per heavy atom. The Balaban J connectivity index is 2.65. The lowest BCUT2D eigenvalue weighted by Gasteiger charge is -2.05. The first-order valence-electron chi connectivity index (χ1n) is 5.75. The van der Waals surface area contributed by atoms with Crippen LogP contribution in [0.4, 0.5) is 0 Å². The van der Waals surface area contributed by atoms with Gasteiger partial charge >= 0.3 is 0 Å². The second-order valence-electron chi connectivity index (χ2n) is 4.12. The molecule has 5 nitrogen and oxygen atoms in total. The molecule has 0 spiro atoms. The first kappa shape index (κ1) is 14.2. The summed E-state index contributed by atoms with van der Waals surface area (Å²) in [7, 11) is -2.90. The van der Waals surface area contributed by atoms with Crippen molar-refractivity contribution in [3.8, 4) is 0 Å². The van der Waals surface area contributed by atoms with E-state index in [0.29, 0.717) is 13.0 Å². The standard InChI is InChI=1S/C11H20N2O3S/c1-4-17(15,16)7-5-6-13-10(3)11(8-14)9(2)12-13/h14H,4-8H2,1-3H3. The molecule has 0 unspecified atom stereocenters. The van der Waals surface area contributed by atoms with E-state index in [9.17, 15) is 8.42 Å². The zero-order valence-electron chi connectivity index (χ0n) is 10.6. The highest BCUT2D eigenvalue weighted by Gasteiger charge is 2.11. The van der Waals surface area contributed by atoms with Crippen LogP contribution in [0.1, 0.15) is 30.3 Å². The monoisotopic (exact) mass is 260 g/mol. The summed E-state index contributed by atoms with van der Waals surface area (Å²) in [5.74, 6) is 0.377. The van der Waals surface area contributed by atoms with Gasteiger partial charge in [0.2, 0.25) is 0 Å². The van der Waals surface area contributed by atoms with E-state index >= 15 is 0 Å². The SMILES string of the molecule is CCS(=O)(=O)CCCn1nc(C)c(CO)c1C. The van der Waals surface area contributed by atoms with Crippen LogP contribution in [0.3, 0.4) is 0 Å². The molecule has 0 aromatic carbocycles. The maximum Gasteiger partial charge on any atom is 0.150 e. The van der Waals surface area contributed by atoms with Gasteiger partial charge in [-0.25, -0.2) is 8.42 Å². The normalized spacial score (nSPS) is 12.0. The molecule has 0 bridgehead atoms. The molecular weight excluding hydrogens is 240 g/mol. The summed E-state index contributed by atoms with van der Waals surface area (Å²) in [6.07, 6.45) is 0.559. The number of aryl methyl sites for hydroxylation is 2. The molecule has 1 rings (SSSR count). The van der Waals surface area contributed by atoms with Crippen molar-refractivity contribution in [1.82, 2.24) is 9.78 Å². The predicted octanol–water partition coefficient (Wildman–Crippen LogP) is 0.817. The number of aliphatic hydroxyl groups is 1. The summed E-state index contributed by atoms with van der Waals surface area (Å²) in [4.78, 5) is 0. The van der Waals surface area contributed by atoms with Crippen LogP contribution in [0.15, 0.2) is 0 Å². The molecule has 0 saturated heterocycles. The van der Waals surface area contributed by atoms with Crippen molar-refractivity contribution in [2.75, 3.05) is 11.5 Å². The third-order valence-electron chi connectivity index (χ3n) is 2.95. The summed E-state index contributed by atoms with van der Waals surface area (Å²) in [5, 5.41) is 13.4. The van der Waals surface area contributed by atoms with Crippen LogP contribution >= 0.6 is 0 Å². The number of hydrogen-bond acceptors (Lipinski definition) is 4. The molecule has 0 radical (unpaired) electrons. The van der Waals surface area contributed by atoms with E-state index < -0.39 is 9.84 Å². The second-order valence-corrected chi connectivity index (χ2v) is 6.59. The van der Waals surface area contributed by atoms with Crippen LogP contribution in [0, 0.1) is 13.8 Å². The van der Waals surface area contributed by atoms with Gasteiger partial charge in [0.25, 0.3) is 0 Å². The number of aliphatic hydroxyl groups excluding tert-OH is 1. The Kier molecular flexibility index (Phi) is 4.70. The summed E-state index contributed by atoms with van der Waals surface area (Å²) in [6, 6.07) is 0. The third-order valence-corrected chi connectivity index (χ3v) is 4.74. The zero-order valence-corrected chi connectivity index (χ0v) is 11.4. The zero-order chi connectivity index (χ0) is 13.1. The molecule has 1 aromatic heterocycles. The Morgan fingerprint density at radius 3 is 2.47 bits per heavy atom. The van der Waals surface area contributed by atoms with Gasteiger partial charge in [0.1, 0.15) is 9.84 Å². The van der Waals surface area contributed by atoms with E-state index in [1.165, 1.54) is 0 Å². The summed E-state index contributed by atoms with van der Waals surface area (Å²) < 4.78 is 24.4. The fourth-order valence-electron chi connectivity index (χ4n) is 1.76. The quantitative estimate of drug-likeness (QED) is 0.822. The van der Waals surface area contributed by atoms with Crippen LogP contribution < -0.4 is 0 Å². The number of rotatable bonds is 6. The van der Waals surface area contributed by atoms with Crippen LogP contribution in [0.25, 0.3) is 0 Å². The van der Waals surface area contributed by atoms with E-state index in [0.717, 1.165) is 17.0 Å². The molecular formula is C11H20N2O3S. The van der Waals surface area contributed by atoms with Gasteiger partial charge in [0.05, 0.1) is 18.1 Å². The molecule has 0 fully saturated rings. The van der Waals surface area contributed by atoms with Crippen molar-refractivity contribution >= 4 is 9.84 Å². The van der Waals surface area contributed by atoms with Gasteiger partial charge in [-0.05, 0) is 20.3 Å². The fourth-order valence-corrected chi connectivity index (χ4v) is 2.62. The van der Waals surface area contributed by atoms with Crippen molar-refractivity contribution in [2.24, 2.45) is 0 Å². The Hall–Kier alpha value is -0.880. The molecule has 1 aromatic rings. The van der Waals surface area contributed by atoms with Gasteiger partial charge in [-0.2, -0.15) is 5.10 Å². The van der Waals surface area contributed by atoms with E-state index in [-0.39, 0.29) is 18.1 Å². The Bertz CT molecular complexity index is 477. The fraction of sp³-hybridized carbons (Fsp3) is 0.727. The van der Waals surface area contributed by atoms with Crippen LogP contribution in [-0.2, 0) is 23.0 Å². The molecule has 1 N–H and O–H groups in total. The Morgan fingerprint density at radius 1 is 1.35 bits per heavy atom. The number of hydrogen-bond donors (Lipinski definition) is 1. The van der Waals surface area contributed by atoms with Crippen LogP contribution in [0.5, 0.6) is 0 Å². The average molecular weight is 260 g/mol. The maximum absolute atomic E-state index is 11.3. The third kappa shape index (κ3) is 3.54. The molecule has 0 aliphatic heterocycles. The van der Waals surface area contributed by atoms with Gasteiger partial charge in [0, 0.05) is 23.6 Å². The lowest BCUT2D eigenvalue weighted by Crippen LogP contribution is -2.12. The molecule has 17 heavy (non-hydrogen) atoms. The number of aromatic nitrogens is 2. The highest BCUT2D eigenvalue weighted by molar-refractivity contribution is 7.91. The van der Waals surface area contributed by atoms with Crippen molar-refractivity contribution in [2.45, 2.75) is 40.3 Å². The molecule has 0 aliphatic rings. The first-order chi connectivity index (χ1) is 7.91. The largest absolute Gasteiger partial charge is 0.392 e. The van der Waals surface area contributed by atoms with Crippen molar-refractivity contribution in [1.29, 1.82) is 0 Å². The average Bonchev–Trinajstić information content (AvgIpc) is 2.54. The minimum absolute atomic E-state index is 0.0229. The molecule has 0 atom stereocenters. The lowest BCUT2D eigenvalue weighted by atomic mass is 10.2. The first-order valence-corrected chi connectivity index (χ1v) is 7.57.